The number of aliphatic carboxylic acids is 4. The molecule has 0 spiro atoms. The number of anilines is 3. The molecule has 3 aromatic rings. The largest absolute Gasteiger partial charge is 0.548 e. The summed E-state index contributed by atoms with van der Waals surface area (Å²) in [6, 6.07) is 21.3. The molecule has 0 saturated heterocycles. The number of hydrogen-bond acceptors (Lipinski definition) is 14. The Bertz CT molecular complexity index is 2260. The van der Waals surface area contributed by atoms with Crippen molar-refractivity contribution in [1.82, 2.24) is 4.58 Å². The van der Waals surface area contributed by atoms with Crippen LogP contribution < -0.4 is 54.5 Å². The van der Waals surface area contributed by atoms with Crippen molar-refractivity contribution >= 4 is 51.9 Å². The number of carbonyl (C=O) groups excluding carboxylic acids is 4. The van der Waals surface area contributed by atoms with E-state index in [4.69, 9.17) is 13.9 Å². The van der Waals surface area contributed by atoms with Crippen molar-refractivity contribution in [3.8, 4) is 33.9 Å². The SMILES string of the molecule is Cc1ccc(N(CC(=O)[O-])CC(=O)[O-])c(OCCOc2cc(-c3c4ccc(=[N+](C)C)cc-4oc4cc(N(C)C)ccc34)ccc2N(CC(=O)[O-])CC(=O)[O-])c1. The van der Waals surface area contributed by atoms with Crippen LogP contribution in [0.15, 0.2) is 77.2 Å². The molecule has 0 amide bonds. The molecule has 1 aliphatic carbocycles. The van der Waals surface area contributed by atoms with Gasteiger partial charge in [0.2, 0.25) is 5.36 Å². The maximum absolute atomic E-state index is 11.7. The first-order valence-corrected chi connectivity index (χ1v) is 17.1. The van der Waals surface area contributed by atoms with Crippen molar-refractivity contribution in [3.05, 3.63) is 83.7 Å². The molecule has 0 aromatic heterocycles. The van der Waals surface area contributed by atoms with E-state index in [0.717, 1.165) is 42.9 Å². The molecule has 0 radical (unpaired) electrons. The topological polar surface area (TPSA) is 205 Å². The minimum absolute atomic E-state index is 0.112. The Morgan fingerprint density at radius 1 is 0.673 bits per heavy atom. The summed E-state index contributed by atoms with van der Waals surface area (Å²) in [5.41, 5.74) is 4.72. The van der Waals surface area contributed by atoms with Crippen LogP contribution in [0.25, 0.3) is 33.4 Å². The van der Waals surface area contributed by atoms with E-state index < -0.39 is 50.1 Å². The summed E-state index contributed by atoms with van der Waals surface area (Å²) in [7, 11) is 7.67. The Balaban J connectivity index is 1.59. The van der Waals surface area contributed by atoms with Gasteiger partial charge in [-0.05, 0) is 60.5 Å². The van der Waals surface area contributed by atoms with Crippen LogP contribution in [0.4, 0.5) is 17.1 Å². The number of hydrogen-bond donors (Lipinski definition) is 0. The number of aryl methyl sites for hydroxylation is 1. The number of fused-ring (bicyclic) bond motifs is 2. The second kappa shape index (κ2) is 16.9. The molecule has 55 heavy (non-hydrogen) atoms. The Kier molecular flexibility index (Phi) is 12.1. The molecule has 15 heteroatoms. The first kappa shape index (κ1) is 39.4. The smallest absolute Gasteiger partial charge is 0.203 e. The molecule has 0 bridgehead atoms. The zero-order chi connectivity index (χ0) is 40.0. The van der Waals surface area contributed by atoms with Crippen molar-refractivity contribution in [2.45, 2.75) is 6.92 Å². The minimum Gasteiger partial charge on any atom is -0.548 e. The normalized spacial score (nSPS) is 10.9. The standard InChI is InChI=1S/C40H42N4O11/c1-24-6-12-30(43(20-36(45)46)21-37(47)48)34(16-24)53-14-15-54-35-17-25(7-13-31(35)44(22-38(49)50)23-39(51)52)40-28-10-8-26(41(2)3)18-32(28)55-33-19-27(42(4)5)9-11-29(33)40/h6-13,16-19H,14-15,20-23H2,1-5H3,(H3-,45,46,47,48,49,50,51,52)/p-3. The van der Waals surface area contributed by atoms with Crippen LogP contribution in [0, 0.1) is 6.92 Å². The van der Waals surface area contributed by atoms with Crippen molar-refractivity contribution in [2.24, 2.45) is 0 Å². The summed E-state index contributed by atoms with van der Waals surface area (Å²) in [6.07, 6.45) is 0. The van der Waals surface area contributed by atoms with Crippen LogP contribution in [0.5, 0.6) is 11.5 Å². The van der Waals surface area contributed by atoms with Gasteiger partial charge in [0.25, 0.3) is 0 Å². The monoisotopic (exact) mass is 751 g/mol. The van der Waals surface area contributed by atoms with Crippen molar-refractivity contribution in [1.29, 1.82) is 0 Å². The highest BCUT2D eigenvalue weighted by Gasteiger charge is 2.22. The van der Waals surface area contributed by atoms with Crippen LogP contribution in [0.2, 0.25) is 0 Å². The highest BCUT2D eigenvalue weighted by Crippen LogP contribution is 2.43. The van der Waals surface area contributed by atoms with E-state index in [1.54, 1.807) is 37.3 Å². The number of ether oxygens (including phenoxy) is 2. The predicted molar refractivity (Wildman–Crippen MR) is 196 cm³/mol. The lowest BCUT2D eigenvalue weighted by atomic mass is 9.93. The van der Waals surface area contributed by atoms with Crippen LogP contribution in [0.3, 0.4) is 0 Å². The van der Waals surface area contributed by atoms with Crippen LogP contribution in [-0.2, 0) is 19.2 Å². The van der Waals surface area contributed by atoms with Gasteiger partial charge >= 0.3 is 0 Å². The van der Waals surface area contributed by atoms with Gasteiger partial charge in [-0.2, -0.15) is 0 Å². The highest BCUT2D eigenvalue weighted by molar-refractivity contribution is 6.03. The minimum atomic E-state index is -1.53. The number of carboxylic acid groups (broad SMARTS) is 4. The Labute approximate surface area is 316 Å². The molecule has 2 aliphatic rings. The number of rotatable bonds is 17. The molecule has 5 rings (SSSR count). The zero-order valence-electron chi connectivity index (χ0n) is 31.0. The Morgan fingerprint density at radius 2 is 1.22 bits per heavy atom. The van der Waals surface area contributed by atoms with Gasteiger partial charge in [-0.25, -0.2) is 4.58 Å². The van der Waals surface area contributed by atoms with E-state index >= 15 is 0 Å². The van der Waals surface area contributed by atoms with Gasteiger partial charge in [-0.1, -0.05) is 12.1 Å². The van der Waals surface area contributed by atoms with Crippen LogP contribution >= 0.6 is 0 Å². The van der Waals surface area contributed by atoms with Gasteiger partial charge in [-0.3, -0.25) is 0 Å². The third kappa shape index (κ3) is 9.62. The molecular formula is C40H39N4O11-3. The Morgan fingerprint density at radius 3 is 1.75 bits per heavy atom. The molecule has 288 valence electrons. The predicted octanol–water partition coefficient (Wildman–Crippen LogP) is -1.32. The van der Waals surface area contributed by atoms with Crippen molar-refractivity contribution < 1.29 is 53.5 Å². The molecule has 1 heterocycles. The summed E-state index contributed by atoms with van der Waals surface area (Å²) >= 11 is 0. The van der Waals surface area contributed by atoms with Crippen molar-refractivity contribution in [2.75, 3.05) is 82.3 Å². The second-order valence-corrected chi connectivity index (χ2v) is 13.2. The van der Waals surface area contributed by atoms with Crippen LogP contribution in [0.1, 0.15) is 5.56 Å². The maximum Gasteiger partial charge on any atom is 0.203 e. The fourth-order valence-electron chi connectivity index (χ4n) is 6.16. The molecule has 0 fully saturated rings. The van der Waals surface area contributed by atoms with Gasteiger partial charge in [0, 0.05) is 48.4 Å². The fourth-order valence-corrected chi connectivity index (χ4v) is 6.16. The summed E-state index contributed by atoms with van der Waals surface area (Å²) in [4.78, 5) is 50.3. The van der Waals surface area contributed by atoms with E-state index in [2.05, 4.69) is 0 Å². The summed E-state index contributed by atoms with van der Waals surface area (Å²) in [5.74, 6) is -5.20. The highest BCUT2D eigenvalue weighted by atomic mass is 16.5. The summed E-state index contributed by atoms with van der Waals surface area (Å²) in [5, 5.41) is 48.0. The molecule has 3 aromatic carbocycles. The van der Waals surface area contributed by atoms with Gasteiger partial charge in [0.1, 0.15) is 50.2 Å². The molecular weight excluding hydrogens is 712 g/mol. The Hall–Kier alpha value is -6.77. The third-order valence-electron chi connectivity index (χ3n) is 8.65. The van der Waals surface area contributed by atoms with Crippen molar-refractivity contribution in [3.63, 3.8) is 0 Å². The number of carbonyl (C=O) groups is 4. The first-order valence-electron chi connectivity index (χ1n) is 17.1. The zero-order valence-corrected chi connectivity index (χ0v) is 31.0. The average molecular weight is 752 g/mol. The molecule has 1 aliphatic heterocycles. The molecule has 0 saturated carbocycles. The van der Waals surface area contributed by atoms with E-state index in [-0.39, 0.29) is 36.1 Å². The van der Waals surface area contributed by atoms with E-state index in [1.807, 2.05) is 74.1 Å². The molecule has 15 nitrogen and oxygen atoms in total. The van der Waals surface area contributed by atoms with Gasteiger partial charge in [-0.15, -0.1) is 0 Å². The average Bonchev–Trinajstić information content (AvgIpc) is 3.10. The van der Waals surface area contributed by atoms with Gasteiger partial charge in [0.05, 0.1) is 67.5 Å². The quantitative estimate of drug-likeness (QED) is 0.0615. The van der Waals surface area contributed by atoms with E-state index in [0.29, 0.717) is 16.9 Å². The first-order chi connectivity index (χ1) is 26.1. The number of nitrogens with zero attached hydrogens (tertiary/aromatic N) is 4. The lowest BCUT2D eigenvalue weighted by Gasteiger charge is -2.29. The van der Waals surface area contributed by atoms with Gasteiger partial charge < -0.3 is 68.2 Å². The number of carboxylic acids is 4. The third-order valence-corrected chi connectivity index (χ3v) is 8.65. The maximum atomic E-state index is 11.7. The lowest BCUT2D eigenvalue weighted by Crippen LogP contribution is -2.44. The molecule has 0 N–H and O–H groups in total. The fraction of sp³-hybridized carbons (Fsp3) is 0.275. The lowest BCUT2D eigenvalue weighted by molar-refractivity contribution is -0.307. The van der Waals surface area contributed by atoms with E-state index in [9.17, 15) is 39.6 Å². The van der Waals surface area contributed by atoms with Crippen LogP contribution in [-0.4, -0.2) is 91.5 Å². The number of benzene rings is 4. The summed E-state index contributed by atoms with van der Waals surface area (Å²) < 4.78 is 20.6. The summed E-state index contributed by atoms with van der Waals surface area (Å²) in [6.45, 7) is -1.59. The van der Waals surface area contributed by atoms with Gasteiger partial charge in [0.15, 0.2) is 0 Å². The van der Waals surface area contributed by atoms with E-state index in [1.165, 1.54) is 6.07 Å². The second-order valence-electron chi connectivity index (χ2n) is 13.2. The molecule has 0 atom stereocenters. The molecule has 0 unspecified atom stereocenters.